The molecule has 1 unspecified atom stereocenters. The van der Waals surface area contributed by atoms with E-state index in [1.165, 1.54) is 12.7 Å². The summed E-state index contributed by atoms with van der Waals surface area (Å²) in [5.41, 5.74) is 2.67. The lowest BCUT2D eigenvalue weighted by Gasteiger charge is -2.32. The summed E-state index contributed by atoms with van der Waals surface area (Å²) in [6.45, 7) is 3.39. The molecule has 8 nitrogen and oxygen atoms in total. The second-order valence-electron chi connectivity index (χ2n) is 8.81. The number of ether oxygens (including phenoxy) is 2. The number of Topliss-reactive ketones (excluding diaryl/α,β-unsaturated/α-hetero) is 1. The van der Waals surface area contributed by atoms with Crippen molar-refractivity contribution >= 4 is 35.2 Å². The SMILES string of the molecule is CCc1ccc(NC(=O)OCC(CC(=O)C2CCN(C(=O)NCc3ccccc3Cl)CC2)OC)cc1. The van der Waals surface area contributed by atoms with Gasteiger partial charge in [-0.25, -0.2) is 9.59 Å². The molecule has 9 heteroatoms. The van der Waals surface area contributed by atoms with Crippen LogP contribution in [0.3, 0.4) is 0 Å². The summed E-state index contributed by atoms with van der Waals surface area (Å²) in [5, 5.41) is 6.18. The molecule has 0 aliphatic carbocycles. The molecule has 0 bridgehead atoms. The van der Waals surface area contributed by atoms with Crippen LogP contribution in [0, 0.1) is 5.92 Å². The molecule has 0 saturated carbocycles. The molecular weight excluding hydrogens is 482 g/mol. The van der Waals surface area contributed by atoms with Crippen molar-refractivity contribution in [3.63, 3.8) is 0 Å². The monoisotopic (exact) mass is 515 g/mol. The lowest BCUT2D eigenvalue weighted by atomic mass is 9.90. The van der Waals surface area contributed by atoms with Crippen LogP contribution in [-0.2, 0) is 27.2 Å². The number of likely N-dealkylation sites (tertiary alicyclic amines) is 1. The number of ketones is 1. The minimum Gasteiger partial charge on any atom is -0.447 e. The standard InChI is InChI=1S/C27H34ClN3O5/c1-3-19-8-10-22(11-9-19)30-27(34)36-18-23(35-2)16-25(32)20-12-14-31(15-13-20)26(33)29-17-21-6-4-5-7-24(21)28/h4-11,20,23H,3,12-18H2,1-2H3,(H,29,33)(H,30,34). The van der Waals surface area contributed by atoms with Crippen LogP contribution < -0.4 is 10.6 Å². The Bertz CT molecular complexity index is 1020. The number of methoxy groups -OCH3 is 1. The van der Waals surface area contributed by atoms with Gasteiger partial charge in [0.25, 0.3) is 0 Å². The summed E-state index contributed by atoms with van der Waals surface area (Å²) in [6, 6.07) is 14.7. The summed E-state index contributed by atoms with van der Waals surface area (Å²) >= 11 is 6.14. The number of hydrogen-bond acceptors (Lipinski definition) is 5. The van der Waals surface area contributed by atoms with E-state index in [2.05, 4.69) is 17.6 Å². The molecule has 3 rings (SSSR count). The number of benzene rings is 2. The molecule has 36 heavy (non-hydrogen) atoms. The van der Waals surface area contributed by atoms with Gasteiger partial charge >= 0.3 is 12.1 Å². The Morgan fingerprint density at radius 2 is 1.78 bits per heavy atom. The van der Waals surface area contributed by atoms with Crippen molar-refractivity contribution < 1.29 is 23.9 Å². The Labute approximate surface area is 217 Å². The molecule has 2 N–H and O–H groups in total. The van der Waals surface area contributed by atoms with E-state index < -0.39 is 12.2 Å². The number of carbonyl (C=O) groups is 3. The van der Waals surface area contributed by atoms with Gasteiger partial charge in [-0.15, -0.1) is 0 Å². The highest BCUT2D eigenvalue weighted by atomic mass is 35.5. The molecule has 2 aromatic carbocycles. The first-order valence-corrected chi connectivity index (χ1v) is 12.6. The molecule has 1 atom stereocenters. The summed E-state index contributed by atoms with van der Waals surface area (Å²) < 4.78 is 10.6. The molecule has 1 aliphatic rings. The Balaban J connectivity index is 1.37. The number of nitrogens with one attached hydrogen (secondary N) is 2. The summed E-state index contributed by atoms with van der Waals surface area (Å²) in [4.78, 5) is 39.2. The normalized spacial score (nSPS) is 14.7. The van der Waals surface area contributed by atoms with Gasteiger partial charge in [-0.2, -0.15) is 0 Å². The minimum atomic E-state index is -0.593. The van der Waals surface area contributed by atoms with Gasteiger partial charge in [0.05, 0.1) is 6.10 Å². The molecule has 1 fully saturated rings. The van der Waals surface area contributed by atoms with E-state index in [0.717, 1.165) is 12.0 Å². The van der Waals surface area contributed by atoms with E-state index in [1.54, 1.807) is 11.0 Å². The fourth-order valence-electron chi connectivity index (χ4n) is 4.08. The summed E-state index contributed by atoms with van der Waals surface area (Å²) in [7, 11) is 1.49. The van der Waals surface area contributed by atoms with E-state index in [1.807, 2.05) is 42.5 Å². The average Bonchev–Trinajstić information content (AvgIpc) is 2.90. The second kappa shape index (κ2) is 13.8. The first kappa shape index (κ1) is 27.5. The van der Waals surface area contributed by atoms with Crippen LogP contribution >= 0.6 is 11.6 Å². The highest BCUT2D eigenvalue weighted by molar-refractivity contribution is 6.31. The van der Waals surface area contributed by atoms with Gasteiger partial charge in [0, 0.05) is 49.8 Å². The molecule has 0 aromatic heterocycles. The van der Waals surface area contributed by atoms with Gasteiger partial charge in [0.1, 0.15) is 12.4 Å². The van der Waals surface area contributed by atoms with E-state index in [0.29, 0.717) is 43.2 Å². The number of nitrogens with zero attached hydrogens (tertiary/aromatic N) is 1. The molecule has 3 amide bonds. The maximum Gasteiger partial charge on any atom is 0.411 e. The van der Waals surface area contributed by atoms with Gasteiger partial charge in [0.2, 0.25) is 0 Å². The number of anilines is 1. The third-order valence-corrected chi connectivity index (χ3v) is 6.77. The van der Waals surface area contributed by atoms with Crippen molar-refractivity contribution in [2.75, 3.05) is 32.1 Å². The van der Waals surface area contributed by atoms with Crippen molar-refractivity contribution in [2.45, 2.75) is 45.3 Å². The Kier molecular flexibility index (Phi) is 10.6. The van der Waals surface area contributed by atoms with Crippen molar-refractivity contribution in [1.29, 1.82) is 0 Å². The fraction of sp³-hybridized carbons (Fsp3) is 0.444. The number of aryl methyl sites for hydroxylation is 1. The van der Waals surface area contributed by atoms with Crippen LogP contribution in [0.4, 0.5) is 15.3 Å². The molecule has 194 valence electrons. The topological polar surface area (TPSA) is 97.0 Å². The molecule has 2 aromatic rings. The first-order valence-electron chi connectivity index (χ1n) is 12.2. The zero-order chi connectivity index (χ0) is 25.9. The zero-order valence-corrected chi connectivity index (χ0v) is 21.6. The van der Waals surface area contributed by atoms with Crippen LogP contribution in [0.5, 0.6) is 0 Å². The minimum absolute atomic E-state index is 0.0234. The number of halogens is 1. The largest absolute Gasteiger partial charge is 0.447 e. The molecule has 0 spiro atoms. The van der Waals surface area contributed by atoms with E-state index in [9.17, 15) is 14.4 Å². The van der Waals surface area contributed by atoms with Crippen LogP contribution in [-0.4, -0.2) is 55.7 Å². The number of carbonyl (C=O) groups excluding carboxylic acids is 3. The van der Waals surface area contributed by atoms with Crippen molar-refractivity contribution in [2.24, 2.45) is 5.92 Å². The number of piperidine rings is 1. The average molecular weight is 516 g/mol. The number of hydrogen-bond donors (Lipinski definition) is 2. The van der Waals surface area contributed by atoms with Crippen LogP contribution in [0.15, 0.2) is 48.5 Å². The predicted octanol–water partition coefficient (Wildman–Crippen LogP) is 5.05. The molecule has 1 aliphatic heterocycles. The zero-order valence-electron chi connectivity index (χ0n) is 20.8. The molecule has 0 radical (unpaired) electrons. The molecule has 1 saturated heterocycles. The summed E-state index contributed by atoms with van der Waals surface area (Å²) in [6.07, 6.45) is 1.13. The van der Waals surface area contributed by atoms with Crippen molar-refractivity contribution in [1.82, 2.24) is 10.2 Å². The third kappa shape index (κ3) is 8.24. The van der Waals surface area contributed by atoms with E-state index in [-0.39, 0.29) is 30.8 Å². The fourth-order valence-corrected chi connectivity index (χ4v) is 4.28. The highest BCUT2D eigenvalue weighted by Crippen LogP contribution is 2.21. The molecule has 1 heterocycles. The lowest BCUT2D eigenvalue weighted by molar-refractivity contribution is -0.127. The van der Waals surface area contributed by atoms with Crippen LogP contribution in [0.25, 0.3) is 0 Å². The Morgan fingerprint density at radius 3 is 2.42 bits per heavy atom. The van der Waals surface area contributed by atoms with Gasteiger partial charge < -0.3 is 19.7 Å². The van der Waals surface area contributed by atoms with Gasteiger partial charge in [-0.05, 0) is 48.6 Å². The summed E-state index contributed by atoms with van der Waals surface area (Å²) in [5.74, 6) is -0.0988. The van der Waals surface area contributed by atoms with Crippen molar-refractivity contribution in [3.05, 3.63) is 64.7 Å². The highest BCUT2D eigenvalue weighted by Gasteiger charge is 2.29. The Morgan fingerprint density at radius 1 is 1.08 bits per heavy atom. The van der Waals surface area contributed by atoms with Crippen LogP contribution in [0.1, 0.15) is 37.3 Å². The lowest BCUT2D eigenvalue weighted by Crippen LogP contribution is -2.45. The van der Waals surface area contributed by atoms with Gasteiger partial charge in [-0.3, -0.25) is 10.1 Å². The number of rotatable bonds is 10. The van der Waals surface area contributed by atoms with Gasteiger partial charge in [-0.1, -0.05) is 48.9 Å². The smallest absolute Gasteiger partial charge is 0.411 e. The van der Waals surface area contributed by atoms with E-state index >= 15 is 0 Å². The number of urea groups is 1. The number of amides is 3. The quantitative estimate of drug-likeness (QED) is 0.461. The van der Waals surface area contributed by atoms with Crippen molar-refractivity contribution in [3.8, 4) is 0 Å². The van der Waals surface area contributed by atoms with Crippen LogP contribution in [0.2, 0.25) is 5.02 Å². The third-order valence-electron chi connectivity index (χ3n) is 6.40. The second-order valence-corrected chi connectivity index (χ2v) is 9.22. The first-order chi connectivity index (χ1) is 17.4. The predicted molar refractivity (Wildman–Crippen MR) is 139 cm³/mol. The van der Waals surface area contributed by atoms with Gasteiger partial charge in [0.15, 0.2) is 0 Å². The Hall–Kier alpha value is -3.10. The molecular formula is C27H34ClN3O5. The maximum absolute atomic E-state index is 12.8. The maximum atomic E-state index is 12.8. The van der Waals surface area contributed by atoms with E-state index in [4.69, 9.17) is 21.1 Å².